The molecule has 0 aliphatic heterocycles. The molecule has 23 heavy (non-hydrogen) atoms. The number of pyridine rings is 1. The number of rotatable bonds is 7. The van der Waals surface area contributed by atoms with Crippen LogP contribution in [0.5, 0.6) is 0 Å². The number of halogens is 1. The van der Waals surface area contributed by atoms with E-state index in [1.807, 2.05) is 18.3 Å². The van der Waals surface area contributed by atoms with Gasteiger partial charge in [-0.15, -0.1) is 0 Å². The predicted molar refractivity (Wildman–Crippen MR) is 96.5 cm³/mol. The number of amides is 1. The average Bonchev–Trinajstić information content (AvgIpc) is 3.34. The molecule has 0 spiro atoms. The van der Waals surface area contributed by atoms with Gasteiger partial charge in [-0.3, -0.25) is 4.79 Å². The van der Waals surface area contributed by atoms with E-state index in [4.69, 9.17) is 5.73 Å². The molecule has 0 bridgehead atoms. The summed E-state index contributed by atoms with van der Waals surface area (Å²) in [6, 6.07) is 3.83. The zero-order chi connectivity index (χ0) is 16.2. The van der Waals surface area contributed by atoms with Crippen molar-refractivity contribution in [2.45, 2.75) is 25.2 Å². The summed E-state index contributed by atoms with van der Waals surface area (Å²) in [5.41, 5.74) is 7.10. The molecule has 1 amide bonds. The highest BCUT2D eigenvalue weighted by Gasteiger charge is 2.27. The predicted octanol–water partition coefficient (Wildman–Crippen LogP) is 2.38. The van der Waals surface area contributed by atoms with Gasteiger partial charge in [0.1, 0.15) is 9.52 Å². The lowest BCUT2D eigenvalue weighted by atomic mass is 10.2. The van der Waals surface area contributed by atoms with E-state index in [2.05, 4.69) is 48.2 Å². The van der Waals surface area contributed by atoms with E-state index in [-0.39, 0.29) is 12.3 Å². The molecule has 0 unspecified atom stereocenters. The second-order valence-electron chi connectivity index (χ2n) is 5.41. The Morgan fingerprint density at radius 1 is 1.30 bits per heavy atom. The van der Waals surface area contributed by atoms with E-state index < -0.39 is 0 Å². The van der Waals surface area contributed by atoms with Gasteiger partial charge in [0.15, 0.2) is 0 Å². The molecule has 1 aliphatic rings. The molecule has 1 aliphatic carbocycles. The quantitative estimate of drug-likeness (QED) is 0.466. The van der Waals surface area contributed by atoms with Gasteiger partial charge in [0.25, 0.3) is 0 Å². The number of nitrogens with two attached hydrogens (primary N) is 1. The lowest BCUT2D eigenvalue weighted by Crippen LogP contribution is -2.17. The van der Waals surface area contributed by atoms with E-state index in [0.29, 0.717) is 18.4 Å². The van der Waals surface area contributed by atoms with Gasteiger partial charge in [-0.25, -0.2) is 9.97 Å². The smallest absolute Gasteiger partial charge is 0.229 e. The molecule has 0 radical (unpaired) electrons. The van der Waals surface area contributed by atoms with Crippen molar-refractivity contribution in [1.82, 2.24) is 15.0 Å². The van der Waals surface area contributed by atoms with Crippen LogP contribution in [0.1, 0.15) is 30.7 Å². The normalized spacial score (nSPS) is 13.6. The van der Waals surface area contributed by atoms with E-state index >= 15 is 0 Å². The van der Waals surface area contributed by atoms with Gasteiger partial charge < -0.3 is 16.4 Å². The molecule has 3 rings (SSSR count). The maximum Gasteiger partial charge on any atom is 0.229 e. The van der Waals surface area contributed by atoms with Crippen LogP contribution in [0.2, 0.25) is 0 Å². The largest absolute Gasteiger partial charge is 0.370 e. The van der Waals surface area contributed by atoms with Gasteiger partial charge in [-0.2, -0.15) is 4.98 Å². The van der Waals surface area contributed by atoms with E-state index in [9.17, 15) is 4.79 Å². The van der Waals surface area contributed by atoms with E-state index in [0.717, 1.165) is 33.6 Å². The van der Waals surface area contributed by atoms with E-state index in [1.54, 1.807) is 6.20 Å². The molecule has 7 nitrogen and oxygen atoms in total. The first kappa shape index (κ1) is 15.9. The minimum Gasteiger partial charge on any atom is -0.370 e. The number of anilines is 3. The molecule has 0 aromatic carbocycles. The van der Waals surface area contributed by atoms with Crippen LogP contribution in [0.4, 0.5) is 17.5 Å². The molecule has 1 fully saturated rings. The van der Waals surface area contributed by atoms with Crippen molar-refractivity contribution < 1.29 is 4.79 Å². The number of hydrogen-bond acceptors (Lipinski definition) is 6. The Labute approximate surface area is 147 Å². The van der Waals surface area contributed by atoms with Crippen LogP contribution >= 0.6 is 22.6 Å². The molecule has 1 saturated carbocycles. The summed E-state index contributed by atoms with van der Waals surface area (Å²) in [6.45, 7) is 0.469. The third kappa shape index (κ3) is 4.50. The van der Waals surface area contributed by atoms with Gasteiger partial charge in [-0.1, -0.05) is 0 Å². The molecule has 0 atom stereocenters. The summed E-state index contributed by atoms with van der Waals surface area (Å²) < 4.78 is 0.923. The minimum atomic E-state index is -0.331. The maximum absolute atomic E-state index is 10.9. The van der Waals surface area contributed by atoms with Crippen molar-refractivity contribution in [2.75, 3.05) is 17.2 Å². The van der Waals surface area contributed by atoms with Crippen LogP contribution in [-0.2, 0) is 4.79 Å². The zero-order valence-corrected chi connectivity index (χ0v) is 14.6. The Balaban J connectivity index is 1.75. The molecular formula is C15H17IN6O. The Morgan fingerprint density at radius 3 is 2.78 bits per heavy atom. The number of aromatic nitrogens is 3. The van der Waals surface area contributed by atoms with Crippen LogP contribution in [0, 0.1) is 3.70 Å². The van der Waals surface area contributed by atoms with Crippen LogP contribution < -0.4 is 16.4 Å². The monoisotopic (exact) mass is 424 g/mol. The number of nitrogens with zero attached hydrogens (tertiary/aromatic N) is 3. The molecular weight excluding hydrogens is 407 g/mol. The number of primary amides is 1. The fourth-order valence-corrected chi connectivity index (χ4v) is 2.49. The summed E-state index contributed by atoms with van der Waals surface area (Å²) in [5.74, 6) is 1.45. The third-order valence-corrected chi connectivity index (χ3v) is 4.12. The third-order valence-electron chi connectivity index (χ3n) is 3.48. The summed E-state index contributed by atoms with van der Waals surface area (Å²) in [6.07, 6.45) is 6.17. The molecule has 2 aromatic heterocycles. The second-order valence-corrected chi connectivity index (χ2v) is 6.51. The molecule has 2 aromatic rings. The highest BCUT2D eigenvalue weighted by atomic mass is 127. The standard InChI is InChI=1S/C15H17IN6O/c16-12-4-3-10(7-19-12)21-15-20-8-11(9-1-2-9)14(22-15)18-6-5-13(17)23/h3-4,7-9H,1-2,5-6H2,(H2,17,23)(H2,18,20,21,22). The molecule has 8 heteroatoms. The number of hydrogen-bond donors (Lipinski definition) is 3. The van der Waals surface area contributed by atoms with Gasteiger partial charge in [0.2, 0.25) is 11.9 Å². The van der Waals surface area contributed by atoms with Gasteiger partial charge in [0, 0.05) is 24.7 Å². The zero-order valence-electron chi connectivity index (χ0n) is 12.4. The summed E-state index contributed by atoms with van der Waals surface area (Å²) in [5, 5.41) is 6.33. The first-order valence-electron chi connectivity index (χ1n) is 7.39. The highest BCUT2D eigenvalue weighted by Crippen LogP contribution is 2.42. The first-order chi connectivity index (χ1) is 11.1. The molecule has 4 N–H and O–H groups in total. The van der Waals surface area contributed by atoms with E-state index in [1.165, 1.54) is 0 Å². The Kier molecular flexibility index (Phi) is 4.89. The lowest BCUT2D eigenvalue weighted by Gasteiger charge is -2.12. The topological polar surface area (TPSA) is 106 Å². The fraction of sp³-hybridized carbons (Fsp3) is 0.333. The number of carbonyl (C=O) groups is 1. The number of nitrogens with one attached hydrogen (secondary N) is 2. The Hall–Kier alpha value is -1.97. The first-order valence-corrected chi connectivity index (χ1v) is 8.47. The van der Waals surface area contributed by atoms with Crippen LogP contribution in [0.25, 0.3) is 0 Å². The summed E-state index contributed by atoms with van der Waals surface area (Å²) in [4.78, 5) is 24.0. The van der Waals surface area contributed by atoms with Crippen molar-refractivity contribution in [1.29, 1.82) is 0 Å². The second kappa shape index (κ2) is 7.07. The van der Waals surface area contributed by atoms with Crippen molar-refractivity contribution >= 4 is 46.0 Å². The number of carbonyl (C=O) groups excluding carboxylic acids is 1. The van der Waals surface area contributed by atoms with Crippen molar-refractivity contribution in [2.24, 2.45) is 5.73 Å². The van der Waals surface area contributed by atoms with Crippen LogP contribution in [0.15, 0.2) is 24.5 Å². The van der Waals surface area contributed by atoms with Crippen molar-refractivity contribution in [3.05, 3.63) is 33.8 Å². The Morgan fingerprint density at radius 2 is 2.13 bits per heavy atom. The van der Waals surface area contributed by atoms with Gasteiger partial charge in [-0.05, 0) is 53.5 Å². The van der Waals surface area contributed by atoms with Gasteiger partial charge >= 0.3 is 0 Å². The van der Waals surface area contributed by atoms with Crippen molar-refractivity contribution in [3.8, 4) is 0 Å². The lowest BCUT2D eigenvalue weighted by molar-refractivity contribution is -0.117. The summed E-state index contributed by atoms with van der Waals surface area (Å²) >= 11 is 2.15. The van der Waals surface area contributed by atoms with Crippen LogP contribution in [-0.4, -0.2) is 27.4 Å². The molecule has 120 valence electrons. The highest BCUT2D eigenvalue weighted by molar-refractivity contribution is 14.1. The summed E-state index contributed by atoms with van der Waals surface area (Å²) in [7, 11) is 0. The minimum absolute atomic E-state index is 0.276. The fourth-order valence-electron chi connectivity index (χ4n) is 2.17. The van der Waals surface area contributed by atoms with Crippen molar-refractivity contribution in [3.63, 3.8) is 0 Å². The Bertz CT molecular complexity index is 702. The molecule has 2 heterocycles. The molecule has 0 saturated heterocycles. The SMILES string of the molecule is NC(=O)CCNc1nc(Nc2ccc(I)nc2)ncc1C1CC1. The average molecular weight is 424 g/mol. The van der Waals surface area contributed by atoms with Gasteiger partial charge in [0.05, 0.1) is 11.9 Å². The maximum atomic E-state index is 10.9. The van der Waals surface area contributed by atoms with Crippen LogP contribution in [0.3, 0.4) is 0 Å².